The first-order valence-corrected chi connectivity index (χ1v) is 5.58. The van der Waals surface area contributed by atoms with E-state index in [-0.39, 0.29) is 0 Å². The van der Waals surface area contributed by atoms with Crippen LogP contribution in [0.4, 0.5) is 0 Å². The summed E-state index contributed by atoms with van der Waals surface area (Å²) in [7, 11) is 0. The first kappa shape index (κ1) is 11.1. The molecule has 0 atom stereocenters. The van der Waals surface area contributed by atoms with Crippen LogP contribution >= 0.6 is 11.8 Å². The molecule has 2 nitrogen and oxygen atoms in total. The first-order chi connectivity index (χ1) is 6.59. The average molecular weight is 210 g/mol. The quantitative estimate of drug-likeness (QED) is 0.830. The second kappa shape index (κ2) is 5.05. The lowest BCUT2D eigenvalue weighted by molar-refractivity contribution is 0.0697. The minimum Gasteiger partial charge on any atom is -0.478 e. The third-order valence-corrected chi connectivity index (χ3v) is 2.92. The van der Waals surface area contributed by atoms with E-state index in [1.807, 2.05) is 17.8 Å². The molecule has 0 saturated heterocycles. The predicted octanol–water partition coefficient (Wildman–Crippen LogP) is 3.03. The van der Waals surface area contributed by atoms with E-state index in [1.165, 1.54) is 0 Å². The minimum atomic E-state index is -0.860. The Morgan fingerprint density at radius 1 is 1.50 bits per heavy atom. The third kappa shape index (κ3) is 3.42. The normalized spacial score (nSPS) is 10.5. The fourth-order valence-corrected chi connectivity index (χ4v) is 1.76. The molecular formula is C11H14O2S. The van der Waals surface area contributed by atoms with Crippen LogP contribution in [-0.4, -0.2) is 16.3 Å². The minimum absolute atomic E-state index is 0.367. The van der Waals surface area contributed by atoms with Crippen molar-refractivity contribution in [2.45, 2.75) is 24.9 Å². The number of hydrogen-bond donors (Lipinski definition) is 1. The molecule has 14 heavy (non-hydrogen) atoms. The van der Waals surface area contributed by atoms with Gasteiger partial charge in [-0.1, -0.05) is 26.0 Å². The van der Waals surface area contributed by atoms with Gasteiger partial charge in [-0.05, 0) is 22.9 Å². The molecule has 0 fully saturated rings. The van der Waals surface area contributed by atoms with E-state index in [0.717, 1.165) is 11.3 Å². The molecule has 0 amide bonds. The number of benzene rings is 1. The van der Waals surface area contributed by atoms with Crippen LogP contribution in [0.15, 0.2) is 24.3 Å². The molecule has 0 bridgehead atoms. The number of rotatable bonds is 4. The van der Waals surface area contributed by atoms with Crippen LogP contribution in [0.1, 0.15) is 29.8 Å². The fraction of sp³-hybridized carbons (Fsp3) is 0.364. The highest BCUT2D eigenvalue weighted by Crippen LogP contribution is 2.17. The van der Waals surface area contributed by atoms with Gasteiger partial charge in [0.15, 0.2) is 0 Å². The summed E-state index contributed by atoms with van der Waals surface area (Å²) >= 11 is 1.81. The van der Waals surface area contributed by atoms with E-state index in [9.17, 15) is 4.79 Å². The molecule has 76 valence electrons. The van der Waals surface area contributed by atoms with Crippen LogP contribution in [0.2, 0.25) is 0 Å². The number of carbonyl (C=O) groups is 1. The van der Waals surface area contributed by atoms with Gasteiger partial charge in [0, 0.05) is 5.75 Å². The molecular weight excluding hydrogens is 196 g/mol. The van der Waals surface area contributed by atoms with Crippen molar-refractivity contribution in [2.75, 3.05) is 0 Å². The SMILES string of the molecule is CC(C)SCc1cccc(C(=O)O)c1. The van der Waals surface area contributed by atoms with Gasteiger partial charge in [-0.15, -0.1) is 0 Å². The molecule has 0 radical (unpaired) electrons. The van der Waals surface area contributed by atoms with Crippen molar-refractivity contribution in [2.24, 2.45) is 0 Å². The maximum absolute atomic E-state index is 10.7. The summed E-state index contributed by atoms with van der Waals surface area (Å²) in [4.78, 5) is 10.7. The summed E-state index contributed by atoms with van der Waals surface area (Å²) in [6.07, 6.45) is 0. The summed E-state index contributed by atoms with van der Waals surface area (Å²) < 4.78 is 0. The number of carboxylic acid groups (broad SMARTS) is 1. The summed E-state index contributed by atoms with van der Waals surface area (Å²) in [5.74, 6) is 0.0140. The molecule has 1 rings (SSSR count). The van der Waals surface area contributed by atoms with Crippen LogP contribution in [0, 0.1) is 0 Å². The molecule has 0 aliphatic carbocycles. The zero-order chi connectivity index (χ0) is 10.6. The van der Waals surface area contributed by atoms with E-state index in [4.69, 9.17) is 5.11 Å². The highest BCUT2D eigenvalue weighted by atomic mass is 32.2. The van der Waals surface area contributed by atoms with Crippen molar-refractivity contribution in [1.82, 2.24) is 0 Å². The standard InChI is InChI=1S/C11H14O2S/c1-8(2)14-7-9-4-3-5-10(6-9)11(12)13/h3-6,8H,7H2,1-2H3,(H,12,13). The Morgan fingerprint density at radius 2 is 2.21 bits per heavy atom. The number of thioether (sulfide) groups is 1. The number of carboxylic acids is 1. The predicted molar refractivity (Wildman–Crippen MR) is 59.8 cm³/mol. The number of hydrogen-bond acceptors (Lipinski definition) is 2. The van der Waals surface area contributed by atoms with Crippen molar-refractivity contribution in [1.29, 1.82) is 0 Å². The summed E-state index contributed by atoms with van der Waals surface area (Å²) in [6, 6.07) is 7.10. The van der Waals surface area contributed by atoms with Crippen LogP contribution in [0.5, 0.6) is 0 Å². The van der Waals surface area contributed by atoms with Crippen LogP contribution in [0.3, 0.4) is 0 Å². The number of aromatic carboxylic acids is 1. The van der Waals surface area contributed by atoms with Crippen LogP contribution < -0.4 is 0 Å². The summed E-state index contributed by atoms with van der Waals surface area (Å²) in [5, 5.41) is 9.35. The molecule has 0 aliphatic heterocycles. The monoisotopic (exact) mass is 210 g/mol. The Balaban J connectivity index is 2.69. The van der Waals surface area contributed by atoms with Crippen molar-refractivity contribution >= 4 is 17.7 Å². The Hall–Kier alpha value is -0.960. The highest BCUT2D eigenvalue weighted by Gasteiger charge is 2.03. The molecule has 3 heteroatoms. The van der Waals surface area contributed by atoms with Gasteiger partial charge >= 0.3 is 5.97 Å². The fourth-order valence-electron chi connectivity index (χ4n) is 1.06. The summed E-state index contributed by atoms with van der Waals surface area (Å²) in [5.41, 5.74) is 1.44. The maximum Gasteiger partial charge on any atom is 0.335 e. The largest absolute Gasteiger partial charge is 0.478 e. The molecule has 1 aromatic carbocycles. The van der Waals surface area contributed by atoms with Crippen molar-refractivity contribution in [3.63, 3.8) is 0 Å². The van der Waals surface area contributed by atoms with Gasteiger partial charge in [-0.25, -0.2) is 4.79 Å². The molecule has 0 spiro atoms. The van der Waals surface area contributed by atoms with Gasteiger partial charge < -0.3 is 5.11 Å². The Kier molecular flexibility index (Phi) is 4.01. The Labute approximate surface area is 88.3 Å². The van der Waals surface area contributed by atoms with Crippen molar-refractivity contribution in [3.8, 4) is 0 Å². The van der Waals surface area contributed by atoms with E-state index < -0.39 is 5.97 Å². The molecule has 0 heterocycles. The van der Waals surface area contributed by atoms with Crippen LogP contribution in [-0.2, 0) is 5.75 Å². The Bertz CT molecular complexity index is 321. The lowest BCUT2D eigenvalue weighted by Gasteiger charge is -2.05. The molecule has 0 aliphatic rings. The van der Waals surface area contributed by atoms with Gasteiger partial charge in [0.25, 0.3) is 0 Å². The topological polar surface area (TPSA) is 37.3 Å². The average Bonchev–Trinajstić information content (AvgIpc) is 2.15. The van der Waals surface area contributed by atoms with Gasteiger partial charge in [-0.3, -0.25) is 0 Å². The molecule has 0 aromatic heterocycles. The van der Waals surface area contributed by atoms with Crippen molar-refractivity contribution < 1.29 is 9.90 Å². The van der Waals surface area contributed by atoms with Gasteiger partial charge in [0.2, 0.25) is 0 Å². The molecule has 0 saturated carbocycles. The summed E-state index contributed by atoms with van der Waals surface area (Å²) in [6.45, 7) is 4.26. The maximum atomic E-state index is 10.7. The second-order valence-electron chi connectivity index (χ2n) is 3.37. The van der Waals surface area contributed by atoms with E-state index in [2.05, 4.69) is 13.8 Å². The van der Waals surface area contributed by atoms with Gasteiger partial charge in [0.1, 0.15) is 0 Å². The molecule has 1 N–H and O–H groups in total. The molecule has 1 aromatic rings. The Morgan fingerprint density at radius 3 is 2.79 bits per heavy atom. The van der Waals surface area contributed by atoms with Crippen molar-refractivity contribution in [3.05, 3.63) is 35.4 Å². The van der Waals surface area contributed by atoms with Gasteiger partial charge in [-0.2, -0.15) is 11.8 Å². The van der Waals surface area contributed by atoms with E-state index in [1.54, 1.807) is 18.2 Å². The lowest BCUT2D eigenvalue weighted by atomic mass is 10.1. The zero-order valence-electron chi connectivity index (χ0n) is 8.36. The van der Waals surface area contributed by atoms with Gasteiger partial charge in [0.05, 0.1) is 5.56 Å². The smallest absolute Gasteiger partial charge is 0.335 e. The second-order valence-corrected chi connectivity index (χ2v) is 4.93. The zero-order valence-corrected chi connectivity index (χ0v) is 9.17. The van der Waals surface area contributed by atoms with E-state index in [0.29, 0.717) is 10.8 Å². The highest BCUT2D eigenvalue weighted by molar-refractivity contribution is 7.99. The van der Waals surface area contributed by atoms with Crippen LogP contribution in [0.25, 0.3) is 0 Å². The first-order valence-electron chi connectivity index (χ1n) is 4.53. The lowest BCUT2D eigenvalue weighted by Crippen LogP contribution is -1.97. The third-order valence-electron chi connectivity index (χ3n) is 1.76. The van der Waals surface area contributed by atoms with E-state index >= 15 is 0 Å². The molecule has 0 unspecified atom stereocenters.